The van der Waals surface area contributed by atoms with Crippen LogP contribution >= 0.6 is 0 Å². The Balaban J connectivity index is 1.29. The number of ether oxygens (including phenoxy) is 1. The van der Waals surface area contributed by atoms with Gasteiger partial charge in [-0.05, 0) is 50.5 Å². The molecule has 0 bridgehead atoms. The van der Waals surface area contributed by atoms with Crippen LogP contribution in [0.2, 0.25) is 0 Å². The maximum Gasteiger partial charge on any atom is 0.331 e. The van der Waals surface area contributed by atoms with Gasteiger partial charge in [0.15, 0.2) is 6.61 Å². The zero-order chi connectivity index (χ0) is 22.6. The normalized spacial score (nSPS) is 14.3. The Morgan fingerprint density at radius 2 is 1.72 bits per heavy atom. The van der Waals surface area contributed by atoms with Crippen molar-refractivity contribution < 1.29 is 14.3 Å². The lowest BCUT2D eigenvalue weighted by Gasteiger charge is -2.16. The van der Waals surface area contributed by atoms with E-state index < -0.39 is 5.97 Å². The summed E-state index contributed by atoms with van der Waals surface area (Å²) in [5.41, 5.74) is 4.80. The topological polar surface area (TPSA) is 73.2 Å². The SMILES string of the molecule is Cc1nn(-c2ccccc2)c(C)c1/C=C/C(=O)OCC(=O)NCC1(c2ccccc2)CC1. The maximum absolute atomic E-state index is 12.2. The maximum atomic E-state index is 12.2. The second-order valence-corrected chi connectivity index (χ2v) is 8.20. The molecule has 0 saturated heterocycles. The Morgan fingerprint density at radius 3 is 2.38 bits per heavy atom. The van der Waals surface area contributed by atoms with Gasteiger partial charge in [0.2, 0.25) is 0 Å². The number of nitrogens with one attached hydrogen (secondary N) is 1. The van der Waals surface area contributed by atoms with Crippen molar-refractivity contribution >= 4 is 18.0 Å². The lowest BCUT2D eigenvalue weighted by Crippen LogP contribution is -2.35. The standard InChI is InChI=1S/C26H27N3O3/c1-19-23(20(2)29(28-19)22-11-7-4-8-12-22)13-14-25(31)32-17-24(30)27-18-26(15-16-26)21-9-5-3-6-10-21/h3-14H,15-18H2,1-2H3,(H,27,30)/b14-13+. The molecule has 0 aliphatic heterocycles. The number of benzene rings is 2. The minimum Gasteiger partial charge on any atom is -0.452 e. The number of hydrogen-bond donors (Lipinski definition) is 1. The van der Waals surface area contributed by atoms with Crippen molar-refractivity contribution in [3.05, 3.63) is 89.3 Å². The highest BCUT2D eigenvalue weighted by Crippen LogP contribution is 2.47. The number of carbonyl (C=O) groups excluding carboxylic acids is 2. The highest BCUT2D eigenvalue weighted by molar-refractivity contribution is 5.89. The Bertz CT molecular complexity index is 1130. The van der Waals surface area contributed by atoms with Gasteiger partial charge in [-0.3, -0.25) is 4.79 Å². The minimum atomic E-state index is -0.560. The van der Waals surface area contributed by atoms with Crippen molar-refractivity contribution in [3.63, 3.8) is 0 Å². The van der Waals surface area contributed by atoms with Crippen molar-refractivity contribution in [2.24, 2.45) is 0 Å². The van der Waals surface area contributed by atoms with Gasteiger partial charge in [0.1, 0.15) is 0 Å². The van der Waals surface area contributed by atoms with Gasteiger partial charge in [-0.15, -0.1) is 0 Å². The minimum absolute atomic E-state index is 0.0226. The highest BCUT2D eigenvalue weighted by Gasteiger charge is 2.44. The number of aromatic nitrogens is 2. The molecule has 4 rings (SSSR count). The predicted octanol–water partition coefficient (Wildman–Crippen LogP) is 3.89. The van der Waals surface area contributed by atoms with Gasteiger partial charge in [0, 0.05) is 29.3 Å². The van der Waals surface area contributed by atoms with Gasteiger partial charge >= 0.3 is 5.97 Å². The molecule has 0 radical (unpaired) electrons. The van der Waals surface area contributed by atoms with Crippen molar-refractivity contribution in [2.45, 2.75) is 32.1 Å². The Kier molecular flexibility index (Phi) is 6.21. The van der Waals surface area contributed by atoms with E-state index in [1.165, 1.54) is 11.6 Å². The monoisotopic (exact) mass is 429 g/mol. The van der Waals surface area contributed by atoms with Crippen LogP contribution in [0.3, 0.4) is 0 Å². The van der Waals surface area contributed by atoms with Gasteiger partial charge < -0.3 is 10.1 Å². The number of hydrogen-bond acceptors (Lipinski definition) is 4. The first-order chi connectivity index (χ1) is 15.5. The second kappa shape index (κ2) is 9.22. The molecule has 1 aliphatic rings. The molecular formula is C26H27N3O3. The van der Waals surface area contributed by atoms with Crippen molar-refractivity contribution in [1.82, 2.24) is 15.1 Å². The molecule has 6 heteroatoms. The summed E-state index contributed by atoms with van der Waals surface area (Å²) >= 11 is 0. The fraction of sp³-hybridized carbons (Fsp3) is 0.269. The van der Waals surface area contributed by atoms with E-state index in [0.29, 0.717) is 6.54 Å². The van der Waals surface area contributed by atoms with Gasteiger partial charge in [0.25, 0.3) is 5.91 Å². The summed E-state index contributed by atoms with van der Waals surface area (Å²) in [6, 6.07) is 20.0. The third kappa shape index (κ3) is 4.80. The average Bonchev–Trinajstić information content (AvgIpc) is 3.56. The molecule has 1 aliphatic carbocycles. The summed E-state index contributed by atoms with van der Waals surface area (Å²) in [5, 5.41) is 7.46. The van der Waals surface area contributed by atoms with Gasteiger partial charge in [0.05, 0.1) is 11.4 Å². The highest BCUT2D eigenvalue weighted by atomic mass is 16.5. The number of aryl methyl sites for hydroxylation is 1. The lowest BCUT2D eigenvalue weighted by molar-refractivity contribution is -0.143. The van der Waals surface area contributed by atoms with E-state index in [-0.39, 0.29) is 17.9 Å². The van der Waals surface area contributed by atoms with Crippen LogP contribution in [-0.4, -0.2) is 34.8 Å². The van der Waals surface area contributed by atoms with E-state index in [1.54, 1.807) is 6.08 Å². The molecule has 0 unspecified atom stereocenters. The number of esters is 1. The van der Waals surface area contributed by atoms with E-state index in [2.05, 4.69) is 22.5 Å². The largest absolute Gasteiger partial charge is 0.452 e. The van der Waals surface area contributed by atoms with Crippen LogP contribution in [-0.2, 0) is 19.7 Å². The zero-order valence-electron chi connectivity index (χ0n) is 18.4. The first-order valence-electron chi connectivity index (χ1n) is 10.8. The molecule has 32 heavy (non-hydrogen) atoms. The van der Waals surface area contributed by atoms with Gasteiger partial charge in [-0.25, -0.2) is 9.48 Å². The van der Waals surface area contributed by atoms with E-state index in [9.17, 15) is 9.59 Å². The van der Waals surface area contributed by atoms with Crippen molar-refractivity contribution in [3.8, 4) is 5.69 Å². The summed E-state index contributed by atoms with van der Waals surface area (Å²) in [6.45, 7) is 4.10. The molecule has 1 amide bonds. The van der Waals surface area contributed by atoms with Crippen LogP contribution in [0.25, 0.3) is 11.8 Å². The van der Waals surface area contributed by atoms with Gasteiger partial charge in [-0.2, -0.15) is 5.10 Å². The second-order valence-electron chi connectivity index (χ2n) is 8.20. The van der Waals surface area contributed by atoms with Crippen LogP contribution in [0.15, 0.2) is 66.7 Å². The number of nitrogens with zero attached hydrogens (tertiary/aromatic N) is 2. The fourth-order valence-corrected chi connectivity index (χ4v) is 3.88. The molecule has 0 atom stereocenters. The summed E-state index contributed by atoms with van der Waals surface area (Å²) in [7, 11) is 0. The molecule has 1 fully saturated rings. The smallest absolute Gasteiger partial charge is 0.331 e. The molecule has 1 N–H and O–H groups in total. The third-order valence-corrected chi connectivity index (χ3v) is 5.94. The zero-order valence-corrected chi connectivity index (χ0v) is 18.4. The summed E-state index contributed by atoms with van der Waals surface area (Å²) in [4.78, 5) is 24.3. The quantitative estimate of drug-likeness (QED) is 0.436. The fourth-order valence-electron chi connectivity index (χ4n) is 3.88. The predicted molar refractivity (Wildman–Crippen MR) is 123 cm³/mol. The molecule has 1 saturated carbocycles. The number of para-hydroxylation sites is 1. The Hall–Kier alpha value is -3.67. The molecule has 1 aromatic heterocycles. The molecule has 6 nitrogen and oxygen atoms in total. The number of carbonyl (C=O) groups is 2. The lowest BCUT2D eigenvalue weighted by atomic mass is 9.96. The molecule has 0 spiro atoms. The van der Waals surface area contributed by atoms with Crippen LogP contribution in [0.4, 0.5) is 0 Å². The van der Waals surface area contributed by atoms with Crippen molar-refractivity contribution in [2.75, 3.05) is 13.2 Å². The van der Waals surface area contributed by atoms with Crippen molar-refractivity contribution in [1.29, 1.82) is 0 Å². The van der Waals surface area contributed by atoms with E-state index >= 15 is 0 Å². The first-order valence-corrected chi connectivity index (χ1v) is 10.8. The molecule has 2 aromatic carbocycles. The third-order valence-electron chi connectivity index (χ3n) is 5.94. The average molecular weight is 430 g/mol. The van der Waals surface area contributed by atoms with Crippen LogP contribution in [0.1, 0.15) is 35.4 Å². The Labute approximate surface area is 187 Å². The number of rotatable bonds is 8. The molecule has 3 aromatic rings. The Morgan fingerprint density at radius 1 is 1.06 bits per heavy atom. The van der Waals surface area contributed by atoms with Crippen LogP contribution in [0, 0.1) is 13.8 Å². The summed E-state index contributed by atoms with van der Waals surface area (Å²) in [6.07, 6.45) is 5.13. The summed E-state index contributed by atoms with van der Waals surface area (Å²) < 4.78 is 6.96. The van der Waals surface area contributed by atoms with E-state index in [0.717, 1.165) is 35.5 Å². The van der Waals surface area contributed by atoms with E-state index in [1.807, 2.05) is 67.1 Å². The molecule has 1 heterocycles. The first kappa shape index (κ1) is 21.6. The van der Waals surface area contributed by atoms with E-state index in [4.69, 9.17) is 4.74 Å². The number of amides is 1. The molecule has 164 valence electrons. The molecular weight excluding hydrogens is 402 g/mol. The van der Waals surface area contributed by atoms with Gasteiger partial charge in [-0.1, -0.05) is 48.5 Å². The summed E-state index contributed by atoms with van der Waals surface area (Å²) in [5.74, 6) is -0.853. The van der Waals surface area contributed by atoms with Crippen LogP contribution < -0.4 is 5.32 Å². The van der Waals surface area contributed by atoms with Crippen LogP contribution in [0.5, 0.6) is 0 Å².